The Morgan fingerprint density at radius 3 is 2.81 bits per heavy atom. The number of halogens is 1. The lowest BCUT2D eigenvalue weighted by molar-refractivity contribution is 0.858. The highest BCUT2D eigenvalue weighted by Gasteiger charge is 2.16. The van der Waals surface area contributed by atoms with Gasteiger partial charge in [0, 0.05) is 36.6 Å². The quantitative estimate of drug-likeness (QED) is 0.785. The molecule has 0 aliphatic heterocycles. The Labute approximate surface area is 132 Å². The summed E-state index contributed by atoms with van der Waals surface area (Å²) in [5.41, 5.74) is 8.12. The van der Waals surface area contributed by atoms with Gasteiger partial charge in [-0.2, -0.15) is 0 Å². The van der Waals surface area contributed by atoms with Crippen molar-refractivity contribution in [3.63, 3.8) is 0 Å². The SMILES string of the molecule is CN(Cc1ccc(Cl)cc1)c1nc2sccn2c1CCN. The van der Waals surface area contributed by atoms with Crippen LogP contribution in [0.4, 0.5) is 5.82 Å². The highest BCUT2D eigenvalue weighted by atomic mass is 35.5. The molecular formula is C15H17ClN4S. The van der Waals surface area contributed by atoms with E-state index < -0.39 is 0 Å². The van der Waals surface area contributed by atoms with E-state index in [1.807, 2.05) is 29.6 Å². The molecule has 3 rings (SSSR count). The van der Waals surface area contributed by atoms with Gasteiger partial charge in [0.05, 0.1) is 5.69 Å². The first-order valence-corrected chi connectivity index (χ1v) is 8.05. The summed E-state index contributed by atoms with van der Waals surface area (Å²) in [4.78, 5) is 7.90. The van der Waals surface area contributed by atoms with Crippen LogP contribution in [-0.2, 0) is 13.0 Å². The molecule has 4 nitrogen and oxygen atoms in total. The van der Waals surface area contributed by atoms with Gasteiger partial charge in [-0.15, -0.1) is 11.3 Å². The van der Waals surface area contributed by atoms with E-state index in [9.17, 15) is 0 Å². The van der Waals surface area contributed by atoms with Gasteiger partial charge in [0.25, 0.3) is 0 Å². The van der Waals surface area contributed by atoms with Gasteiger partial charge in [0.2, 0.25) is 0 Å². The summed E-state index contributed by atoms with van der Waals surface area (Å²) in [7, 11) is 2.06. The van der Waals surface area contributed by atoms with Gasteiger partial charge in [-0.05, 0) is 24.2 Å². The topological polar surface area (TPSA) is 46.6 Å². The van der Waals surface area contributed by atoms with Crippen molar-refractivity contribution in [1.29, 1.82) is 0 Å². The third-order valence-corrected chi connectivity index (χ3v) is 4.42. The zero-order chi connectivity index (χ0) is 14.8. The number of benzene rings is 1. The minimum Gasteiger partial charge on any atom is -0.354 e. The summed E-state index contributed by atoms with van der Waals surface area (Å²) in [6.45, 7) is 1.41. The molecule has 0 fully saturated rings. The Kier molecular flexibility index (Phi) is 4.14. The molecule has 2 N–H and O–H groups in total. The maximum absolute atomic E-state index is 5.93. The molecule has 1 aromatic carbocycles. The molecule has 0 saturated carbocycles. The van der Waals surface area contributed by atoms with Gasteiger partial charge < -0.3 is 10.6 Å². The third kappa shape index (κ3) is 2.90. The average molecular weight is 321 g/mol. The Hall–Kier alpha value is -1.56. The number of hydrogen-bond acceptors (Lipinski definition) is 4. The molecule has 0 spiro atoms. The molecule has 0 unspecified atom stereocenters. The van der Waals surface area contributed by atoms with E-state index in [0.29, 0.717) is 6.54 Å². The Morgan fingerprint density at radius 2 is 2.10 bits per heavy atom. The van der Waals surface area contributed by atoms with Gasteiger partial charge >= 0.3 is 0 Å². The van der Waals surface area contributed by atoms with Crippen LogP contribution in [0.25, 0.3) is 4.96 Å². The van der Waals surface area contributed by atoms with E-state index in [1.165, 1.54) is 11.3 Å². The fourth-order valence-corrected chi connectivity index (χ4v) is 3.29. The molecule has 0 atom stereocenters. The number of nitrogens with two attached hydrogens (primary N) is 1. The number of fused-ring (bicyclic) bond motifs is 1. The molecule has 21 heavy (non-hydrogen) atoms. The molecule has 110 valence electrons. The summed E-state index contributed by atoms with van der Waals surface area (Å²) in [5.74, 6) is 1.00. The van der Waals surface area contributed by atoms with Crippen LogP contribution >= 0.6 is 22.9 Å². The van der Waals surface area contributed by atoms with Crippen molar-refractivity contribution in [2.24, 2.45) is 5.73 Å². The number of imidazole rings is 1. The van der Waals surface area contributed by atoms with Crippen molar-refractivity contribution in [3.8, 4) is 0 Å². The Balaban J connectivity index is 1.89. The van der Waals surface area contributed by atoms with Crippen molar-refractivity contribution in [3.05, 3.63) is 52.1 Å². The van der Waals surface area contributed by atoms with Crippen LogP contribution < -0.4 is 10.6 Å². The fourth-order valence-electron chi connectivity index (χ4n) is 2.43. The van der Waals surface area contributed by atoms with Crippen LogP contribution in [0, 0.1) is 0 Å². The molecule has 0 aliphatic rings. The maximum Gasteiger partial charge on any atom is 0.195 e. The molecule has 0 bridgehead atoms. The lowest BCUT2D eigenvalue weighted by atomic mass is 10.2. The average Bonchev–Trinajstić information content (AvgIpc) is 3.04. The second-order valence-electron chi connectivity index (χ2n) is 4.96. The number of hydrogen-bond donors (Lipinski definition) is 1. The third-order valence-electron chi connectivity index (χ3n) is 3.42. The van der Waals surface area contributed by atoms with Crippen molar-refractivity contribution in [2.45, 2.75) is 13.0 Å². The van der Waals surface area contributed by atoms with Crippen LogP contribution in [0.1, 0.15) is 11.3 Å². The largest absolute Gasteiger partial charge is 0.354 e. The highest BCUT2D eigenvalue weighted by molar-refractivity contribution is 7.15. The van der Waals surface area contributed by atoms with Crippen LogP contribution in [0.5, 0.6) is 0 Å². The lowest BCUT2D eigenvalue weighted by Gasteiger charge is -2.18. The summed E-state index contributed by atoms with van der Waals surface area (Å²) in [5, 5.41) is 2.80. The fraction of sp³-hybridized carbons (Fsp3) is 0.267. The number of aromatic nitrogens is 2. The maximum atomic E-state index is 5.93. The number of thiazole rings is 1. The highest BCUT2D eigenvalue weighted by Crippen LogP contribution is 2.25. The standard InChI is InChI=1S/C15H17ClN4S/c1-19(10-11-2-4-12(16)5-3-11)14-13(6-7-17)20-8-9-21-15(20)18-14/h2-5,8-9H,6-7,10,17H2,1H3. The van der Waals surface area contributed by atoms with E-state index in [1.54, 1.807) is 11.3 Å². The van der Waals surface area contributed by atoms with Crippen LogP contribution in [0.2, 0.25) is 5.02 Å². The Bertz CT molecular complexity index is 732. The molecule has 3 aromatic rings. The van der Waals surface area contributed by atoms with E-state index in [-0.39, 0.29) is 0 Å². The monoisotopic (exact) mass is 320 g/mol. The molecule has 0 amide bonds. The second-order valence-corrected chi connectivity index (χ2v) is 6.27. The van der Waals surface area contributed by atoms with Gasteiger partial charge in [-0.3, -0.25) is 4.40 Å². The summed E-state index contributed by atoms with van der Waals surface area (Å²) in [6, 6.07) is 7.91. The van der Waals surface area contributed by atoms with Gasteiger partial charge in [0.15, 0.2) is 10.8 Å². The van der Waals surface area contributed by atoms with Gasteiger partial charge in [-0.1, -0.05) is 23.7 Å². The molecule has 2 heterocycles. The first-order chi connectivity index (χ1) is 10.2. The van der Waals surface area contributed by atoms with Crippen LogP contribution in [0.15, 0.2) is 35.8 Å². The molecular weight excluding hydrogens is 304 g/mol. The van der Waals surface area contributed by atoms with Gasteiger partial charge in [0.1, 0.15) is 0 Å². The number of nitrogens with zero attached hydrogens (tertiary/aromatic N) is 3. The van der Waals surface area contributed by atoms with E-state index in [2.05, 4.69) is 22.5 Å². The molecule has 6 heteroatoms. The molecule has 0 radical (unpaired) electrons. The summed E-state index contributed by atoms with van der Waals surface area (Å²) in [6.07, 6.45) is 2.87. The Morgan fingerprint density at radius 1 is 1.33 bits per heavy atom. The smallest absolute Gasteiger partial charge is 0.195 e. The number of rotatable bonds is 5. The summed E-state index contributed by atoms with van der Waals surface area (Å²) < 4.78 is 2.13. The molecule has 0 saturated heterocycles. The number of anilines is 1. The van der Waals surface area contributed by atoms with Crippen LogP contribution in [0.3, 0.4) is 0 Å². The zero-order valence-corrected chi connectivity index (χ0v) is 13.4. The van der Waals surface area contributed by atoms with E-state index in [0.717, 1.165) is 28.8 Å². The normalized spacial score (nSPS) is 11.2. The van der Waals surface area contributed by atoms with Crippen molar-refractivity contribution in [1.82, 2.24) is 9.38 Å². The van der Waals surface area contributed by atoms with E-state index in [4.69, 9.17) is 22.3 Å². The van der Waals surface area contributed by atoms with E-state index >= 15 is 0 Å². The minimum atomic E-state index is 0.616. The second kappa shape index (κ2) is 6.05. The molecule has 0 aliphatic carbocycles. The van der Waals surface area contributed by atoms with Gasteiger partial charge in [-0.25, -0.2) is 4.98 Å². The van der Waals surface area contributed by atoms with Crippen molar-refractivity contribution < 1.29 is 0 Å². The molecule has 2 aromatic heterocycles. The summed E-state index contributed by atoms with van der Waals surface area (Å²) >= 11 is 7.57. The van der Waals surface area contributed by atoms with Crippen LogP contribution in [-0.4, -0.2) is 23.0 Å². The van der Waals surface area contributed by atoms with Crippen molar-refractivity contribution in [2.75, 3.05) is 18.5 Å². The zero-order valence-electron chi connectivity index (χ0n) is 11.8. The first-order valence-electron chi connectivity index (χ1n) is 6.79. The van der Waals surface area contributed by atoms with Crippen molar-refractivity contribution >= 4 is 33.7 Å². The first kappa shape index (κ1) is 14.4. The predicted molar refractivity (Wildman–Crippen MR) is 89.4 cm³/mol. The predicted octanol–water partition coefficient (Wildman–Crippen LogP) is 3.19. The lowest BCUT2D eigenvalue weighted by Crippen LogP contribution is -2.19. The minimum absolute atomic E-state index is 0.616.